The topological polar surface area (TPSA) is 566 Å². The fourth-order valence-corrected chi connectivity index (χ4v) is 13.7. The van der Waals surface area contributed by atoms with Crippen LogP contribution in [0.2, 0.25) is 0 Å². The van der Waals surface area contributed by atoms with Gasteiger partial charge in [-0.2, -0.15) is 0 Å². The molecule has 3 heterocycles. The number of carboxylic acids is 1. The summed E-state index contributed by atoms with van der Waals surface area (Å²) in [5, 5.41) is 128. The lowest BCUT2D eigenvalue weighted by Gasteiger charge is -2.42. The second kappa shape index (κ2) is 59.3. The highest BCUT2D eigenvalue weighted by Crippen LogP contribution is 2.29. The van der Waals surface area contributed by atoms with Crippen molar-refractivity contribution >= 4 is 65.0 Å². The van der Waals surface area contributed by atoms with Gasteiger partial charge in [-0.1, -0.05) is 77.0 Å². The van der Waals surface area contributed by atoms with Crippen LogP contribution >= 0.6 is 0 Å². The van der Waals surface area contributed by atoms with E-state index in [1.165, 1.54) is 20.8 Å². The smallest absolute Gasteiger partial charge is 0.303 e. The van der Waals surface area contributed by atoms with Crippen molar-refractivity contribution in [2.45, 2.75) is 317 Å². The van der Waals surface area contributed by atoms with E-state index < -0.39 is 140 Å². The third-order valence-corrected chi connectivity index (χ3v) is 19.9. The van der Waals surface area contributed by atoms with Crippen LogP contribution in [0.25, 0.3) is 0 Å². The quantitative estimate of drug-likeness (QED) is 0.0285. The maximum absolute atomic E-state index is 13.9. The predicted molar refractivity (Wildman–Crippen MR) is 408 cm³/mol. The predicted octanol–water partition coefficient (Wildman–Crippen LogP) is -2.28. The van der Waals surface area contributed by atoms with Crippen LogP contribution < -0.4 is 53.2 Å². The van der Waals surface area contributed by atoms with Crippen molar-refractivity contribution < 1.29 is 132 Å². The summed E-state index contributed by atoms with van der Waals surface area (Å²) in [6.07, 6.45) is 1.46. The van der Waals surface area contributed by atoms with Gasteiger partial charge in [0.2, 0.25) is 59.1 Å². The summed E-state index contributed by atoms with van der Waals surface area (Å²) < 4.78 is 35.7. The molecule has 0 unspecified atom stereocenters. The number of carbonyl (C=O) groups is 11. The molecular formula is C76H136N10O27. The molecule has 0 bridgehead atoms. The Kier molecular flexibility index (Phi) is 52.8. The number of aliphatic carboxylic acids is 1. The molecule has 3 saturated heterocycles. The van der Waals surface area contributed by atoms with Crippen LogP contribution in [0.15, 0.2) is 0 Å². The Morgan fingerprint density at radius 3 is 0.796 bits per heavy atom. The number of amides is 10. The Labute approximate surface area is 663 Å². The second-order valence-electron chi connectivity index (χ2n) is 29.7. The zero-order valence-electron chi connectivity index (χ0n) is 66.6. The zero-order chi connectivity index (χ0) is 83.4. The normalized spacial score (nSPS) is 23.6. The molecule has 3 rings (SSSR count). The van der Waals surface area contributed by atoms with E-state index >= 15 is 0 Å². The lowest BCUT2D eigenvalue weighted by atomic mass is 9.90. The molecule has 0 aromatic rings. The molecule has 15 atom stereocenters. The standard InChI is InChI=1S/C76H136N10O27/c1-50(90)83-67-53(111-56(44-87)70(102)73(67)105)24-13-10-17-27-59(93)77-35-21-38-80-62(96)32-41-108-47-76(86-65(99)30-16-8-6-4-5-7-9-20-31-66(100)101,48-109-42-33-63(97)81-39-22-36-78-60(94)28-18-11-14-25-54-68(84-51(2)91)74(106)71(103)57(45-88)112-54)49-110-43-34-64(98)82-40-23-37-79-61(95)29-19-12-15-26-55-69(85-52(3)92)75(107)72(104)58(46-89)113-55/h53-58,67-75,87-89,102-107H,4-49H2,1-3H3,(H,77,93)(H,78,94)(H,79,95)(H,80,96)(H,81,97)(H,82,98)(H,83,90)(H,84,91)(H,85,92)(H,86,99)(H,100,101)/t53-,54-,55-,56-,57-,58-,67+,68+,69+,70+,71+,72+,73-,74-,75-/m1/s1. The van der Waals surface area contributed by atoms with Crippen LogP contribution in [0.1, 0.15) is 220 Å². The van der Waals surface area contributed by atoms with Crippen molar-refractivity contribution in [1.82, 2.24) is 53.2 Å². The molecule has 652 valence electrons. The molecule has 37 nitrogen and oxygen atoms in total. The number of aliphatic hydroxyl groups is 9. The van der Waals surface area contributed by atoms with Gasteiger partial charge in [0.05, 0.1) is 95.9 Å². The monoisotopic (exact) mass is 1620 g/mol. The number of rotatable bonds is 63. The molecule has 0 radical (unpaired) electrons. The Morgan fingerprint density at radius 2 is 0.540 bits per heavy atom. The van der Waals surface area contributed by atoms with Gasteiger partial charge in [-0.15, -0.1) is 0 Å². The number of nitrogens with one attached hydrogen (secondary N) is 10. The van der Waals surface area contributed by atoms with Gasteiger partial charge < -0.3 is 133 Å². The summed E-state index contributed by atoms with van der Waals surface area (Å²) >= 11 is 0. The van der Waals surface area contributed by atoms with Crippen molar-refractivity contribution in [2.75, 3.05) is 98.7 Å². The summed E-state index contributed by atoms with van der Waals surface area (Å²) in [5.74, 6) is -4.06. The Balaban J connectivity index is 1.55. The number of unbranched alkanes of at least 4 members (excludes halogenated alkanes) is 13. The van der Waals surface area contributed by atoms with Crippen molar-refractivity contribution in [3.8, 4) is 0 Å². The van der Waals surface area contributed by atoms with Gasteiger partial charge in [0.1, 0.15) is 60.5 Å². The number of carboxylic acid groups (broad SMARTS) is 1. The Bertz CT molecular complexity index is 2520. The van der Waals surface area contributed by atoms with E-state index in [2.05, 4.69) is 53.2 Å². The minimum Gasteiger partial charge on any atom is -0.481 e. The first-order valence-corrected chi connectivity index (χ1v) is 40.7. The largest absolute Gasteiger partial charge is 0.481 e. The van der Waals surface area contributed by atoms with Crippen LogP contribution in [0.4, 0.5) is 0 Å². The van der Waals surface area contributed by atoms with Gasteiger partial charge in [0.25, 0.3) is 0 Å². The minimum atomic E-state index is -1.40. The Hall–Kier alpha value is -6.43. The lowest BCUT2D eigenvalue weighted by Crippen LogP contribution is -2.63. The van der Waals surface area contributed by atoms with Gasteiger partial charge in [0, 0.05) is 111 Å². The fourth-order valence-electron chi connectivity index (χ4n) is 13.7. The first-order chi connectivity index (χ1) is 54.1. The van der Waals surface area contributed by atoms with Crippen molar-refractivity contribution in [3.05, 3.63) is 0 Å². The zero-order valence-corrected chi connectivity index (χ0v) is 66.6. The number of ether oxygens (including phenoxy) is 6. The number of carbonyl (C=O) groups excluding carboxylic acids is 10. The van der Waals surface area contributed by atoms with Gasteiger partial charge in [-0.25, -0.2) is 0 Å². The van der Waals surface area contributed by atoms with E-state index in [-0.39, 0.29) is 172 Å². The Morgan fingerprint density at radius 1 is 0.301 bits per heavy atom. The molecule has 0 aromatic heterocycles. The van der Waals surface area contributed by atoms with Crippen LogP contribution in [0.5, 0.6) is 0 Å². The fraction of sp³-hybridized carbons (Fsp3) is 0.855. The molecule has 37 heteroatoms. The van der Waals surface area contributed by atoms with Crippen molar-refractivity contribution in [3.63, 3.8) is 0 Å². The van der Waals surface area contributed by atoms with Crippen LogP contribution in [-0.4, -0.2) is 312 Å². The SMILES string of the molecule is CC(=O)N[C@@H]1[C@@H](O)[C@@H](O)[C@@H](CO)O[C@@H]1CCCCCC(=O)NCCCNC(=O)CCOCC(COCCC(=O)NCCCNC(=O)CCCCC[C@H]1O[C@H](CO)[C@H](O)[C@H](O)[C@H]1NC(C)=O)(COCCC(=O)NCCCNC(=O)CCCCC[C@H]1O[C@H](CO)[C@H](O)[C@H](O)[C@H]1NC(C)=O)NC(=O)CCCCCCCCCCC(=O)O. The molecule has 3 aliphatic heterocycles. The number of hydrogen-bond donors (Lipinski definition) is 20. The van der Waals surface area contributed by atoms with Gasteiger partial charge in [0.15, 0.2) is 0 Å². The first-order valence-electron chi connectivity index (χ1n) is 40.7. The maximum atomic E-state index is 13.9. The van der Waals surface area contributed by atoms with E-state index in [1.807, 2.05) is 0 Å². The molecular weight excluding hydrogens is 1480 g/mol. The molecule has 0 saturated carbocycles. The summed E-state index contributed by atoms with van der Waals surface area (Å²) in [6.45, 7) is 2.85. The van der Waals surface area contributed by atoms with Crippen LogP contribution in [0.3, 0.4) is 0 Å². The molecule has 0 aliphatic carbocycles. The molecule has 20 N–H and O–H groups in total. The van der Waals surface area contributed by atoms with Gasteiger partial charge >= 0.3 is 5.97 Å². The highest BCUT2D eigenvalue weighted by Gasteiger charge is 2.47. The van der Waals surface area contributed by atoms with Gasteiger partial charge in [-0.3, -0.25) is 52.7 Å². The summed E-state index contributed by atoms with van der Waals surface area (Å²) in [4.78, 5) is 137. The lowest BCUT2D eigenvalue weighted by molar-refractivity contribution is -0.196. The summed E-state index contributed by atoms with van der Waals surface area (Å²) in [5.41, 5.74) is -1.40. The van der Waals surface area contributed by atoms with E-state index in [0.29, 0.717) is 109 Å². The molecule has 113 heavy (non-hydrogen) atoms. The first kappa shape index (κ1) is 101. The van der Waals surface area contributed by atoms with Gasteiger partial charge in [-0.05, 0) is 70.6 Å². The highest BCUT2D eigenvalue weighted by molar-refractivity contribution is 5.79. The highest BCUT2D eigenvalue weighted by atomic mass is 16.5. The summed E-state index contributed by atoms with van der Waals surface area (Å²) in [6, 6.07) is -2.61. The average molecular weight is 1620 g/mol. The third-order valence-electron chi connectivity index (χ3n) is 19.9. The number of aliphatic hydroxyl groups excluding tert-OH is 9. The van der Waals surface area contributed by atoms with E-state index in [4.69, 9.17) is 33.5 Å². The second-order valence-corrected chi connectivity index (χ2v) is 29.7. The van der Waals surface area contributed by atoms with E-state index in [0.717, 1.165) is 38.5 Å². The molecule has 0 aromatic carbocycles. The maximum Gasteiger partial charge on any atom is 0.303 e. The average Bonchev–Trinajstić information content (AvgIpc) is 0.821. The van der Waals surface area contributed by atoms with E-state index in [1.54, 1.807) is 0 Å². The molecule has 10 amide bonds. The third kappa shape index (κ3) is 43.4. The minimum absolute atomic E-state index is 0.0921. The molecule has 0 spiro atoms. The molecule has 3 fully saturated rings. The van der Waals surface area contributed by atoms with Crippen molar-refractivity contribution in [1.29, 1.82) is 0 Å². The summed E-state index contributed by atoms with van der Waals surface area (Å²) in [7, 11) is 0. The molecule has 3 aliphatic rings. The van der Waals surface area contributed by atoms with Crippen molar-refractivity contribution in [2.24, 2.45) is 0 Å². The van der Waals surface area contributed by atoms with E-state index in [9.17, 15) is 98.7 Å². The van der Waals surface area contributed by atoms with Crippen LogP contribution in [0, 0.1) is 0 Å². The number of hydrogen-bond acceptors (Lipinski definition) is 26. The van der Waals surface area contributed by atoms with Crippen LogP contribution in [-0.2, 0) is 81.2 Å².